The molecular formula is C10H9BrOS. The first kappa shape index (κ1) is 9.03. The van der Waals surface area contributed by atoms with Crippen molar-refractivity contribution >= 4 is 37.4 Å². The van der Waals surface area contributed by atoms with Crippen LogP contribution in [0, 0.1) is 6.92 Å². The summed E-state index contributed by atoms with van der Waals surface area (Å²) in [6.07, 6.45) is 0. The minimum atomic E-state index is 0.395. The van der Waals surface area contributed by atoms with Gasteiger partial charge >= 0.3 is 0 Å². The molecule has 0 saturated carbocycles. The van der Waals surface area contributed by atoms with Crippen molar-refractivity contribution in [3.8, 4) is 5.06 Å². The van der Waals surface area contributed by atoms with Gasteiger partial charge in [0, 0.05) is 15.4 Å². The van der Waals surface area contributed by atoms with Crippen LogP contribution in [0.1, 0.15) is 11.1 Å². The molecule has 1 heterocycles. The van der Waals surface area contributed by atoms with Gasteiger partial charge in [0.15, 0.2) is 5.06 Å². The third kappa shape index (κ3) is 1.46. The fourth-order valence-corrected chi connectivity index (χ4v) is 2.82. The van der Waals surface area contributed by atoms with Crippen molar-refractivity contribution in [1.82, 2.24) is 0 Å². The van der Waals surface area contributed by atoms with Crippen LogP contribution in [0.15, 0.2) is 18.2 Å². The second-order valence-electron chi connectivity index (χ2n) is 3.00. The summed E-state index contributed by atoms with van der Waals surface area (Å²) in [7, 11) is 0. The van der Waals surface area contributed by atoms with Gasteiger partial charge in [-0.25, -0.2) is 0 Å². The van der Waals surface area contributed by atoms with E-state index in [1.54, 1.807) is 0 Å². The lowest BCUT2D eigenvalue weighted by Crippen LogP contribution is -1.79. The number of fused-ring (bicyclic) bond motifs is 1. The molecule has 0 aliphatic carbocycles. The van der Waals surface area contributed by atoms with Gasteiger partial charge in [-0.2, -0.15) is 0 Å². The zero-order valence-electron chi connectivity index (χ0n) is 7.17. The van der Waals surface area contributed by atoms with Crippen LogP contribution >= 0.6 is 27.3 Å². The molecule has 1 N–H and O–H groups in total. The van der Waals surface area contributed by atoms with Gasteiger partial charge in [0.25, 0.3) is 0 Å². The van der Waals surface area contributed by atoms with Crippen LogP contribution in [0.25, 0.3) is 10.1 Å². The molecule has 0 atom stereocenters. The second kappa shape index (κ2) is 3.31. The molecule has 68 valence electrons. The first-order valence-corrected chi connectivity index (χ1v) is 5.93. The standard InChI is InChI=1S/C10H9BrOS/c1-6-2-3-7(5-11)8-4-9(12)13-10(6)8/h2-4,12H,5H2,1H3. The quantitative estimate of drug-likeness (QED) is 0.770. The lowest BCUT2D eigenvalue weighted by atomic mass is 10.1. The lowest BCUT2D eigenvalue weighted by Gasteiger charge is -2.00. The smallest absolute Gasteiger partial charge is 0.172 e. The Morgan fingerprint density at radius 3 is 2.92 bits per heavy atom. The van der Waals surface area contributed by atoms with Crippen LogP contribution in [0.4, 0.5) is 0 Å². The molecule has 0 spiro atoms. The Balaban J connectivity index is 2.83. The van der Waals surface area contributed by atoms with E-state index in [-0.39, 0.29) is 0 Å². The van der Waals surface area contributed by atoms with Crippen LogP contribution in [0.2, 0.25) is 0 Å². The van der Waals surface area contributed by atoms with Crippen LogP contribution in [0.5, 0.6) is 5.06 Å². The van der Waals surface area contributed by atoms with Crippen molar-refractivity contribution in [2.75, 3.05) is 0 Å². The monoisotopic (exact) mass is 256 g/mol. The number of benzene rings is 1. The predicted molar refractivity (Wildman–Crippen MR) is 60.9 cm³/mol. The largest absolute Gasteiger partial charge is 0.499 e. The zero-order chi connectivity index (χ0) is 9.42. The van der Waals surface area contributed by atoms with Crippen molar-refractivity contribution in [2.24, 2.45) is 0 Å². The summed E-state index contributed by atoms with van der Waals surface area (Å²) >= 11 is 4.88. The van der Waals surface area contributed by atoms with Crippen LogP contribution < -0.4 is 0 Å². The van der Waals surface area contributed by atoms with Gasteiger partial charge in [-0.15, -0.1) is 0 Å². The van der Waals surface area contributed by atoms with Crippen molar-refractivity contribution < 1.29 is 5.11 Å². The average Bonchev–Trinajstić information content (AvgIpc) is 2.48. The average molecular weight is 257 g/mol. The highest BCUT2D eigenvalue weighted by Gasteiger charge is 2.06. The van der Waals surface area contributed by atoms with E-state index >= 15 is 0 Å². The highest BCUT2D eigenvalue weighted by molar-refractivity contribution is 9.08. The summed E-state index contributed by atoms with van der Waals surface area (Å²) < 4.78 is 1.19. The van der Waals surface area contributed by atoms with Crippen LogP contribution in [-0.2, 0) is 5.33 Å². The molecule has 1 aromatic carbocycles. The number of hydrogen-bond donors (Lipinski definition) is 1. The van der Waals surface area contributed by atoms with Crippen molar-refractivity contribution in [1.29, 1.82) is 0 Å². The summed E-state index contributed by atoms with van der Waals surface area (Å²) in [5.74, 6) is 0. The van der Waals surface area contributed by atoms with E-state index in [1.807, 2.05) is 6.07 Å². The first-order valence-electron chi connectivity index (χ1n) is 3.99. The topological polar surface area (TPSA) is 20.2 Å². The normalized spacial score (nSPS) is 10.9. The van der Waals surface area contributed by atoms with E-state index in [2.05, 4.69) is 35.0 Å². The van der Waals surface area contributed by atoms with Gasteiger partial charge in [-0.1, -0.05) is 39.4 Å². The third-order valence-corrected chi connectivity index (χ3v) is 3.78. The molecule has 0 unspecified atom stereocenters. The molecule has 0 aliphatic heterocycles. The molecule has 0 bridgehead atoms. The number of halogens is 1. The number of hydrogen-bond acceptors (Lipinski definition) is 2. The zero-order valence-corrected chi connectivity index (χ0v) is 9.58. The minimum absolute atomic E-state index is 0.395. The van der Waals surface area contributed by atoms with E-state index in [0.717, 1.165) is 5.33 Å². The summed E-state index contributed by atoms with van der Waals surface area (Å²) in [6, 6.07) is 6.02. The van der Waals surface area contributed by atoms with E-state index < -0.39 is 0 Å². The van der Waals surface area contributed by atoms with E-state index in [9.17, 15) is 5.11 Å². The third-order valence-electron chi connectivity index (χ3n) is 2.10. The van der Waals surface area contributed by atoms with Gasteiger partial charge < -0.3 is 5.11 Å². The maximum atomic E-state index is 9.40. The fraction of sp³-hybridized carbons (Fsp3) is 0.200. The Hall–Kier alpha value is -0.540. The molecule has 2 rings (SSSR count). The maximum absolute atomic E-state index is 9.40. The molecule has 3 heteroatoms. The molecule has 0 radical (unpaired) electrons. The Bertz CT molecular complexity index is 447. The molecule has 0 amide bonds. The molecule has 13 heavy (non-hydrogen) atoms. The van der Waals surface area contributed by atoms with Gasteiger partial charge in [0.2, 0.25) is 0 Å². The van der Waals surface area contributed by atoms with E-state index in [0.29, 0.717) is 5.06 Å². The second-order valence-corrected chi connectivity index (χ2v) is 4.59. The maximum Gasteiger partial charge on any atom is 0.172 e. The molecule has 1 nitrogen and oxygen atoms in total. The Labute approximate surface area is 89.1 Å². The Kier molecular flexibility index (Phi) is 2.30. The fourth-order valence-electron chi connectivity index (χ4n) is 1.42. The molecule has 0 saturated heterocycles. The lowest BCUT2D eigenvalue weighted by molar-refractivity contribution is 0.491. The molecule has 2 aromatic rings. The van der Waals surface area contributed by atoms with Gasteiger partial charge in [0.1, 0.15) is 0 Å². The molecule has 0 aliphatic rings. The van der Waals surface area contributed by atoms with Gasteiger partial charge in [-0.3, -0.25) is 0 Å². The number of rotatable bonds is 1. The summed E-state index contributed by atoms with van der Waals surface area (Å²) in [6.45, 7) is 2.07. The van der Waals surface area contributed by atoms with Crippen molar-refractivity contribution in [2.45, 2.75) is 12.3 Å². The van der Waals surface area contributed by atoms with E-state index in [4.69, 9.17) is 0 Å². The van der Waals surface area contributed by atoms with Crippen molar-refractivity contribution in [3.05, 3.63) is 29.3 Å². The molecule has 0 fully saturated rings. The number of alkyl halides is 1. The van der Waals surface area contributed by atoms with E-state index in [1.165, 1.54) is 32.5 Å². The van der Waals surface area contributed by atoms with Gasteiger partial charge in [-0.05, 0) is 24.1 Å². The number of aryl methyl sites for hydroxylation is 1. The predicted octanol–water partition coefficient (Wildman–Crippen LogP) is 3.81. The summed E-state index contributed by atoms with van der Waals surface area (Å²) in [5, 5.41) is 11.8. The van der Waals surface area contributed by atoms with Crippen LogP contribution in [-0.4, -0.2) is 5.11 Å². The minimum Gasteiger partial charge on any atom is -0.499 e. The summed E-state index contributed by atoms with van der Waals surface area (Å²) in [5.41, 5.74) is 2.46. The number of aromatic hydroxyl groups is 1. The highest BCUT2D eigenvalue weighted by atomic mass is 79.9. The first-order chi connectivity index (χ1) is 6.22. The molecular weight excluding hydrogens is 248 g/mol. The Morgan fingerprint density at radius 1 is 1.46 bits per heavy atom. The SMILES string of the molecule is Cc1ccc(CBr)c2cc(O)sc12. The van der Waals surface area contributed by atoms with Gasteiger partial charge in [0.05, 0.1) is 0 Å². The summed E-state index contributed by atoms with van der Waals surface area (Å²) in [4.78, 5) is 0. The Morgan fingerprint density at radius 2 is 2.23 bits per heavy atom. The number of thiophene rings is 1. The van der Waals surface area contributed by atoms with Crippen molar-refractivity contribution in [3.63, 3.8) is 0 Å². The van der Waals surface area contributed by atoms with Crippen LogP contribution in [0.3, 0.4) is 0 Å². The highest BCUT2D eigenvalue weighted by Crippen LogP contribution is 2.35. The molecule has 1 aromatic heterocycles.